The van der Waals surface area contributed by atoms with Crippen LogP contribution in [0.15, 0.2) is 58.5 Å². The SMILES string of the molecule is CSc1nc2c(c(C)c(Cl)n2Cc2ccc(C(=O)c3ccc(Cl)cc3)cc2)c(=O)n1C. The Balaban J connectivity index is 1.69. The largest absolute Gasteiger partial charge is 0.311 e. The van der Waals surface area contributed by atoms with Crippen molar-refractivity contribution in [3.05, 3.63) is 91.3 Å². The molecule has 0 aliphatic rings. The number of thioether (sulfide) groups is 1. The minimum Gasteiger partial charge on any atom is -0.311 e. The molecule has 0 aliphatic heterocycles. The quantitative estimate of drug-likeness (QED) is 0.223. The Morgan fingerprint density at radius 3 is 2.19 bits per heavy atom. The second kappa shape index (κ2) is 8.54. The van der Waals surface area contributed by atoms with Gasteiger partial charge in [-0.1, -0.05) is 59.2 Å². The molecule has 0 unspecified atom stereocenters. The lowest BCUT2D eigenvalue weighted by Gasteiger charge is -2.10. The first-order chi connectivity index (χ1) is 14.8. The molecule has 0 radical (unpaired) electrons. The number of aryl methyl sites for hydroxylation is 1. The molecule has 0 aliphatic carbocycles. The summed E-state index contributed by atoms with van der Waals surface area (Å²) in [5, 5.41) is 2.22. The molecule has 0 amide bonds. The number of hydrogen-bond acceptors (Lipinski definition) is 4. The smallest absolute Gasteiger partial charge is 0.263 e. The van der Waals surface area contributed by atoms with Crippen molar-refractivity contribution in [2.45, 2.75) is 18.6 Å². The number of halogens is 2. The number of benzene rings is 2. The molecule has 8 heteroatoms. The normalized spacial score (nSPS) is 11.3. The predicted octanol–water partition coefficient (Wildman–Crippen LogP) is 5.35. The van der Waals surface area contributed by atoms with E-state index in [1.807, 2.05) is 29.9 Å². The Kier molecular flexibility index (Phi) is 5.97. The van der Waals surface area contributed by atoms with Crippen LogP contribution in [0, 0.1) is 6.92 Å². The van der Waals surface area contributed by atoms with Gasteiger partial charge in [-0.2, -0.15) is 0 Å². The van der Waals surface area contributed by atoms with Crippen LogP contribution >= 0.6 is 35.0 Å². The van der Waals surface area contributed by atoms with Crippen molar-refractivity contribution in [1.82, 2.24) is 14.1 Å². The van der Waals surface area contributed by atoms with Crippen LogP contribution in [0.25, 0.3) is 11.0 Å². The van der Waals surface area contributed by atoms with E-state index in [0.717, 1.165) is 5.56 Å². The average Bonchev–Trinajstić information content (AvgIpc) is 3.01. The fourth-order valence-corrected chi connectivity index (χ4v) is 4.43. The van der Waals surface area contributed by atoms with E-state index < -0.39 is 0 Å². The van der Waals surface area contributed by atoms with Crippen LogP contribution in [0.4, 0.5) is 0 Å². The summed E-state index contributed by atoms with van der Waals surface area (Å²) in [4.78, 5) is 30.2. The molecule has 2 aromatic heterocycles. The molecule has 0 atom stereocenters. The van der Waals surface area contributed by atoms with Crippen LogP contribution in [-0.4, -0.2) is 26.2 Å². The van der Waals surface area contributed by atoms with Gasteiger partial charge in [-0.05, 0) is 43.0 Å². The fraction of sp³-hybridized carbons (Fsp3) is 0.174. The van der Waals surface area contributed by atoms with Gasteiger partial charge in [0.05, 0.1) is 11.9 Å². The zero-order valence-electron chi connectivity index (χ0n) is 17.1. The molecule has 2 aromatic carbocycles. The first-order valence-corrected chi connectivity index (χ1v) is 11.5. The maximum Gasteiger partial charge on any atom is 0.263 e. The summed E-state index contributed by atoms with van der Waals surface area (Å²) >= 11 is 13.9. The maximum atomic E-state index is 12.8. The average molecular weight is 472 g/mol. The first-order valence-electron chi connectivity index (χ1n) is 9.50. The molecule has 0 fully saturated rings. The van der Waals surface area contributed by atoms with E-state index in [4.69, 9.17) is 23.2 Å². The lowest BCUT2D eigenvalue weighted by Crippen LogP contribution is -2.20. The summed E-state index contributed by atoms with van der Waals surface area (Å²) < 4.78 is 3.38. The zero-order chi connectivity index (χ0) is 22.3. The van der Waals surface area contributed by atoms with E-state index >= 15 is 0 Å². The number of carbonyl (C=O) groups excluding carboxylic acids is 1. The van der Waals surface area contributed by atoms with Crippen LogP contribution in [0.3, 0.4) is 0 Å². The van der Waals surface area contributed by atoms with Gasteiger partial charge in [0.1, 0.15) is 10.8 Å². The zero-order valence-corrected chi connectivity index (χ0v) is 19.5. The number of fused-ring (bicyclic) bond motifs is 1. The van der Waals surface area contributed by atoms with Gasteiger partial charge in [-0.3, -0.25) is 14.2 Å². The molecule has 31 heavy (non-hydrogen) atoms. The number of rotatable bonds is 5. The van der Waals surface area contributed by atoms with Gasteiger partial charge in [0.25, 0.3) is 5.56 Å². The Hall–Kier alpha value is -2.54. The maximum absolute atomic E-state index is 12.8. The van der Waals surface area contributed by atoms with Crippen molar-refractivity contribution in [2.24, 2.45) is 7.05 Å². The highest BCUT2D eigenvalue weighted by Gasteiger charge is 2.20. The number of nitrogens with zero attached hydrogens (tertiary/aromatic N) is 3. The second-order valence-electron chi connectivity index (χ2n) is 7.20. The molecule has 5 nitrogen and oxygen atoms in total. The van der Waals surface area contributed by atoms with Crippen LogP contribution in [0.2, 0.25) is 10.2 Å². The highest BCUT2D eigenvalue weighted by Crippen LogP contribution is 2.28. The number of hydrogen-bond donors (Lipinski definition) is 0. The standard InChI is InChI=1S/C23H19Cl2N3O2S/c1-13-18-21(26-23(31-3)27(2)22(18)30)28(20(13)25)12-14-4-6-15(7-5-14)19(29)16-8-10-17(24)11-9-16/h4-11H,12H2,1-3H3. The molecular weight excluding hydrogens is 453 g/mol. The minimum atomic E-state index is -0.114. The minimum absolute atomic E-state index is 0.0710. The van der Waals surface area contributed by atoms with Gasteiger partial charge in [-0.25, -0.2) is 4.98 Å². The lowest BCUT2D eigenvalue weighted by molar-refractivity contribution is 0.103. The van der Waals surface area contributed by atoms with Crippen LogP contribution in [0.5, 0.6) is 0 Å². The summed E-state index contributed by atoms with van der Waals surface area (Å²) in [5.41, 5.74) is 3.28. The van der Waals surface area contributed by atoms with E-state index in [1.54, 1.807) is 43.4 Å². The van der Waals surface area contributed by atoms with E-state index in [1.165, 1.54) is 16.3 Å². The number of carbonyl (C=O) groups is 1. The Morgan fingerprint density at radius 2 is 1.61 bits per heavy atom. The van der Waals surface area contributed by atoms with E-state index in [9.17, 15) is 9.59 Å². The molecule has 0 spiro atoms. The van der Waals surface area contributed by atoms with Crippen molar-refractivity contribution >= 4 is 51.8 Å². The summed E-state index contributed by atoms with van der Waals surface area (Å²) in [5.74, 6) is -0.0710. The second-order valence-corrected chi connectivity index (χ2v) is 8.76. The molecule has 2 heterocycles. The predicted molar refractivity (Wildman–Crippen MR) is 127 cm³/mol. The third kappa shape index (κ3) is 3.91. The van der Waals surface area contributed by atoms with Crippen LogP contribution in [-0.2, 0) is 13.6 Å². The van der Waals surface area contributed by atoms with Crippen molar-refractivity contribution < 1.29 is 4.79 Å². The Morgan fingerprint density at radius 1 is 1.03 bits per heavy atom. The van der Waals surface area contributed by atoms with E-state index in [2.05, 4.69) is 4.98 Å². The van der Waals surface area contributed by atoms with Gasteiger partial charge in [0, 0.05) is 28.8 Å². The van der Waals surface area contributed by atoms with Crippen molar-refractivity contribution in [3.8, 4) is 0 Å². The molecule has 0 N–H and O–H groups in total. The number of aromatic nitrogens is 3. The topological polar surface area (TPSA) is 56.9 Å². The van der Waals surface area contributed by atoms with Gasteiger partial charge in [0.15, 0.2) is 10.9 Å². The van der Waals surface area contributed by atoms with Gasteiger partial charge < -0.3 is 4.57 Å². The summed E-state index contributed by atoms with van der Waals surface area (Å²) in [6.07, 6.45) is 1.88. The Labute approximate surface area is 193 Å². The monoisotopic (exact) mass is 471 g/mol. The van der Waals surface area contributed by atoms with Crippen molar-refractivity contribution in [2.75, 3.05) is 6.26 Å². The summed E-state index contributed by atoms with van der Waals surface area (Å²) in [6, 6.07) is 14.2. The fourth-order valence-electron chi connectivity index (χ4n) is 3.53. The summed E-state index contributed by atoms with van der Waals surface area (Å²) in [6.45, 7) is 2.27. The van der Waals surface area contributed by atoms with Gasteiger partial charge in [0.2, 0.25) is 0 Å². The Bertz CT molecular complexity index is 1360. The molecule has 158 valence electrons. The summed E-state index contributed by atoms with van der Waals surface area (Å²) in [7, 11) is 1.71. The third-order valence-electron chi connectivity index (χ3n) is 5.25. The van der Waals surface area contributed by atoms with Crippen LogP contribution in [0.1, 0.15) is 27.0 Å². The molecule has 0 saturated heterocycles. The molecule has 0 bridgehead atoms. The van der Waals surface area contributed by atoms with Gasteiger partial charge in [-0.15, -0.1) is 0 Å². The molecule has 0 saturated carbocycles. The van der Waals surface area contributed by atoms with E-state index in [-0.39, 0.29) is 11.3 Å². The first kappa shape index (κ1) is 21.7. The highest BCUT2D eigenvalue weighted by molar-refractivity contribution is 7.98. The highest BCUT2D eigenvalue weighted by atomic mass is 35.5. The number of ketones is 1. The molecule has 4 rings (SSSR count). The van der Waals surface area contributed by atoms with Gasteiger partial charge >= 0.3 is 0 Å². The molecule has 4 aromatic rings. The van der Waals surface area contributed by atoms with Crippen molar-refractivity contribution in [1.29, 1.82) is 0 Å². The van der Waals surface area contributed by atoms with Crippen LogP contribution < -0.4 is 5.56 Å². The third-order valence-corrected chi connectivity index (χ3v) is 6.72. The van der Waals surface area contributed by atoms with Crippen molar-refractivity contribution in [3.63, 3.8) is 0 Å². The lowest BCUT2D eigenvalue weighted by atomic mass is 10.0. The van der Waals surface area contributed by atoms with E-state index in [0.29, 0.717) is 49.6 Å². The molecular formula is C23H19Cl2N3O2S.